The molecule has 1 amide bonds. The summed E-state index contributed by atoms with van der Waals surface area (Å²) < 4.78 is 25.4. The summed E-state index contributed by atoms with van der Waals surface area (Å²) >= 11 is 0. The Morgan fingerprint density at radius 2 is 1.68 bits per heavy atom. The Balaban J connectivity index is 1.07. The molecule has 9 heteroatoms. The van der Waals surface area contributed by atoms with E-state index in [2.05, 4.69) is 37.0 Å². The zero-order valence-electron chi connectivity index (χ0n) is 25.7. The molecule has 0 radical (unpaired) electrons. The van der Waals surface area contributed by atoms with Crippen LogP contribution in [0.5, 0.6) is 0 Å². The lowest BCUT2D eigenvalue weighted by atomic mass is 9.41. The van der Waals surface area contributed by atoms with E-state index in [0.29, 0.717) is 49.2 Å². The van der Waals surface area contributed by atoms with Gasteiger partial charge in [0.05, 0.1) is 5.52 Å². The number of nitrogens with one attached hydrogen (secondary N) is 1. The summed E-state index contributed by atoms with van der Waals surface area (Å²) in [6.45, 7) is 6.91. The highest BCUT2D eigenvalue weighted by atomic mass is 19.1. The van der Waals surface area contributed by atoms with Gasteiger partial charge >= 0.3 is 5.76 Å². The highest BCUT2D eigenvalue weighted by Gasteiger charge is 2.69. The second-order valence-corrected chi connectivity index (χ2v) is 15.6. The van der Waals surface area contributed by atoms with E-state index >= 15 is 0 Å². The highest BCUT2D eigenvalue weighted by Crippen LogP contribution is 2.71. The van der Waals surface area contributed by atoms with Gasteiger partial charge in [0.15, 0.2) is 11.4 Å². The minimum Gasteiger partial charge on any atom is -0.408 e. The number of aromatic amines is 1. The summed E-state index contributed by atoms with van der Waals surface area (Å²) in [5, 5.41) is 4.45. The largest absolute Gasteiger partial charge is 0.417 e. The Labute approximate surface area is 255 Å². The fourth-order valence-corrected chi connectivity index (χ4v) is 8.68. The van der Waals surface area contributed by atoms with Crippen molar-refractivity contribution >= 4 is 22.7 Å². The van der Waals surface area contributed by atoms with E-state index in [1.165, 1.54) is 0 Å². The second-order valence-electron chi connectivity index (χ2n) is 15.6. The zero-order valence-corrected chi connectivity index (χ0v) is 25.7. The van der Waals surface area contributed by atoms with Crippen LogP contribution >= 0.6 is 0 Å². The minimum absolute atomic E-state index is 0.0121. The van der Waals surface area contributed by atoms with Crippen LogP contribution in [-0.4, -0.2) is 33.2 Å². The van der Waals surface area contributed by atoms with Crippen molar-refractivity contribution in [3.8, 4) is 11.1 Å². The van der Waals surface area contributed by atoms with Crippen LogP contribution < -0.4 is 10.7 Å². The predicted molar refractivity (Wildman–Crippen MR) is 164 cm³/mol. The molecule has 0 aliphatic heterocycles. The lowest BCUT2D eigenvalue weighted by molar-refractivity contribution is -0.215. The van der Waals surface area contributed by atoms with Crippen molar-refractivity contribution in [1.82, 2.24) is 15.1 Å². The molecule has 6 saturated carbocycles. The number of halogens is 1. The topological polar surface area (TPSA) is 105 Å². The number of carbonyl (C=O) groups is 1. The van der Waals surface area contributed by atoms with Crippen molar-refractivity contribution in [2.45, 2.75) is 101 Å². The summed E-state index contributed by atoms with van der Waals surface area (Å²) in [6.07, 6.45) is 7.86. The third-order valence-electron chi connectivity index (χ3n) is 11.3. The number of H-pyrrole nitrogens is 1. The SMILES string of the molecule is CC(C)(C)c1nc(C23CCC(CN(C(=O)CC45CC(F)(C4)C5)c4cccc(-c5ccc6[nH]c(=O)oc6c5)c4)(CC2)CC3)no1. The Bertz CT molecular complexity index is 1800. The third kappa shape index (κ3) is 4.45. The fourth-order valence-electron chi connectivity index (χ4n) is 8.68. The molecule has 0 spiro atoms. The third-order valence-corrected chi connectivity index (χ3v) is 11.3. The first-order valence-electron chi connectivity index (χ1n) is 15.9. The number of benzene rings is 2. The minimum atomic E-state index is -1.03. The summed E-state index contributed by atoms with van der Waals surface area (Å²) in [6, 6.07) is 13.7. The maximum absolute atomic E-state index is 14.4. The van der Waals surface area contributed by atoms with Gasteiger partial charge in [0.1, 0.15) is 5.67 Å². The molecule has 2 aromatic heterocycles. The number of rotatable bonds is 7. The summed E-state index contributed by atoms with van der Waals surface area (Å²) in [7, 11) is 0. The lowest BCUT2D eigenvalue weighted by Gasteiger charge is -2.66. The van der Waals surface area contributed by atoms with Gasteiger partial charge in [-0.3, -0.25) is 9.78 Å². The van der Waals surface area contributed by atoms with Gasteiger partial charge in [0.25, 0.3) is 0 Å². The predicted octanol–water partition coefficient (Wildman–Crippen LogP) is 7.38. The number of oxazole rings is 1. The van der Waals surface area contributed by atoms with Gasteiger partial charge in [-0.05, 0) is 104 Å². The molecule has 4 aromatic rings. The Morgan fingerprint density at radius 1 is 0.977 bits per heavy atom. The van der Waals surface area contributed by atoms with E-state index in [4.69, 9.17) is 13.9 Å². The molecule has 2 heterocycles. The number of alkyl halides is 1. The molecule has 0 saturated heterocycles. The van der Waals surface area contributed by atoms with E-state index in [-0.39, 0.29) is 27.6 Å². The molecule has 4 bridgehead atoms. The first-order chi connectivity index (χ1) is 20.9. The molecular weight excluding hydrogens is 559 g/mol. The average Bonchev–Trinajstić information content (AvgIpc) is 3.62. The van der Waals surface area contributed by atoms with Gasteiger partial charge in [-0.1, -0.05) is 44.1 Å². The van der Waals surface area contributed by atoms with E-state index < -0.39 is 11.4 Å². The summed E-state index contributed by atoms with van der Waals surface area (Å²) in [4.78, 5) is 35.4. The van der Waals surface area contributed by atoms with Crippen LogP contribution in [0.1, 0.15) is 96.7 Å². The number of aromatic nitrogens is 3. The number of carbonyl (C=O) groups excluding carboxylic acids is 1. The van der Waals surface area contributed by atoms with Crippen LogP contribution in [0.15, 0.2) is 56.2 Å². The number of nitrogens with zero attached hydrogens (tertiary/aromatic N) is 3. The van der Waals surface area contributed by atoms with Gasteiger partial charge in [-0.25, -0.2) is 9.18 Å². The maximum atomic E-state index is 14.4. The fraction of sp³-hybridized carbons (Fsp3) is 0.543. The normalized spacial score (nSPS) is 30.6. The number of anilines is 1. The average molecular weight is 599 g/mol. The van der Waals surface area contributed by atoms with Gasteiger partial charge < -0.3 is 13.8 Å². The number of fused-ring (bicyclic) bond motifs is 4. The molecule has 230 valence electrons. The zero-order chi connectivity index (χ0) is 30.5. The lowest BCUT2D eigenvalue weighted by Crippen LogP contribution is -2.65. The van der Waals surface area contributed by atoms with E-state index in [1.807, 2.05) is 41.3 Å². The van der Waals surface area contributed by atoms with Gasteiger partial charge in [0.2, 0.25) is 11.8 Å². The number of hydrogen-bond donors (Lipinski definition) is 1. The van der Waals surface area contributed by atoms with Crippen molar-refractivity contribution in [3.63, 3.8) is 0 Å². The van der Waals surface area contributed by atoms with Crippen molar-refractivity contribution in [1.29, 1.82) is 0 Å². The molecule has 0 atom stereocenters. The molecule has 44 heavy (non-hydrogen) atoms. The van der Waals surface area contributed by atoms with Crippen molar-refractivity contribution in [3.05, 3.63) is 64.7 Å². The molecule has 2 aromatic carbocycles. The molecular formula is C35H39FN4O4. The van der Waals surface area contributed by atoms with Crippen molar-refractivity contribution in [2.24, 2.45) is 10.8 Å². The highest BCUT2D eigenvalue weighted by molar-refractivity contribution is 5.95. The second kappa shape index (κ2) is 9.14. The van der Waals surface area contributed by atoms with Gasteiger partial charge in [-0.2, -0.15) is 4.98 Å². The first kappa shape index (κ1) is 27.8. The molecule has 6 fully saturated rings. The van der Waals surface area contributed by atoms with E-state index in [9.17, 15) is 14.0 Å². The molecule has 0 unspecified atom stereocenters. The smallest absolute Gasteiger partial charge is 0.408 e. The van der Waals surface area contributed by atoms with E-state index in [0.717, 1.165) is 61.2 Å². The Morgan fingerprint density at radius 3 is 2.34 bits per heavy atom. The summed E-state index contributed by atoms with van der Waals surface area (Å²) in [5.74, 6) is 1.13. The molecule has 8 nitrogen and oxygen atoms in total. The van der Waals surface area contributed by atoms with Crippen LogP contribution in [-0.2, 0) is 15.6 Å². The van der Waals surface area contributed by atoms with Crippen LogP contribution in [0.25, 0.3) is 22.2 Å². The van der Waals surface area contributed by atoms with Crippen molar-refractivity contribution < 1.29 is 18.1 Å². The number of amides is 1. The van der Waals surface area contributed by atoms with Crippen molar-refractivity contribution in [2.75, 3.05) is 11.4 Å². The molecule has 6 aliphatic rings. The van der Waals surface area contributed by atoms with E-state index in [1.54, 1.807) is 0 Å². The van der Waals surface area contributed by atoms with Crippen LogP contribution in [0.3, 0.4) is 0 Å². The molecule has 1 N–H and O–H groups in total. The number of hydrogen-bond acceptors (Lipinski definition) is 6. The first-order valence-corrected chi connectivity index (χ1v) is 15.9. The summed E-state index contributed by atoms with van der Waals surface area (Å²) in [5.41, 5.74) is 2.41. The Kier molecular flexibility index (Phi) is 5.77. The van der Waals surface area contributed by atoms with Crippen LogP contribution in [0, 0.1) is 10.8 Å². The quantitative estimate of drug-likeness (QED) is 0.238. The monoisotopic (exact) mass is 598 g/mol. The van der Waals surface area contributed by atoms with Gasteiger partial charge in [-0.15, -0.1) is 0 Å². The maximum Gasteiger partial charge on any atom is 0.417 e. The van der Waals surface area contributed by atoms with Crippen LogP contribution in [0.2, 0.25) is 0 Å². The molecule has 6 aliphatic carbocycles. The standard InChI is InChI=1S/C35H39FN4O4/c1-31(2,3)29-38-28(39-44-29)34-12-9-32(10-13-34,11-14-34)21-40(27(41)17-33-18-35(36,19-33)20-33)24-6-4-5-22(15-24)23-7-8-25-26(16-23)43-30(42)37-25/h4-8,15-16H,9-14,17-21H2,1-3H3,(H,37,42). The van der Waals surface area contributed by atoms with Crippen LogP contribution in [0.4, 0.5) is 10.1 Å². The Hall–Kier alpha value is -3.75. The molecule has 10 rings (SSSR count). The van der Waals surface area contributed by atoms with Gasteiger partial charge in [0, 0.05) is 29.5 Å².